The zero-order valence-corrected chi connectivity index (χ0v) is 20.2. The number of aliphatic imine (C=N–C) groups is 1. The fourth-order valence-electron chi connectivity index (χ4n) is 2.60. The summed E-state index contributed by atoms with van der Waals surface area (Å²) in [6.07, 6.45) is 2.98. The minimum Gasteiger partial charge on any atom is -0.357 e. The van der Waals surface area contributed by atoms with Crippen molar-refractivity contribution < 1.29 is 4.79 Å². The van der Waals surface area contributed by atoms with Crippen LogP contribution in [-0.2, 0) is 11.2 Å². The summed E-state index contributed by atoms with van der Waals surface area (Å²) < 4.78 is 0. The maximum Gasteiger partial charge on any atom is 0.223 e. The Balaban J connectivity index is 0.00000280. The van der Waals surface area contributed by atoms with Gasteiger partial charge in [0.15, 0.2) is 5.96 Å². The number of nitrogens with one attached hydrogen (secondary N) is 3. The molecule has 1 saturated carbocycles. The maximum absolute atomic E-state index is 11.6. The number of thiophene rings is 1. The summed E-state index contributed by atoms with van der Waals surface area (Å²) in [5, 5.41) is 12.7. The third-order valence-electron chi connectivity index (χ3n) is 4.17. The summed E-state index contributed by atoms with van der Waals surface area (Å²) in [7, 11) is 0. The molecule has 0 saturated heterocycles. The minimum atomic E-state index is 0. The highest BCUT2D eigenvalue weighted by atomic mass is 127. The number of nitrogens with zero attached hydrogens (tertiary/aromatic N) is 2. The van der Waals surface area contributed by atoms with Crippen molar-refractivity contribution in [3.63, 3.8) is 0 Å². The normalized spacial score (nSPS) is 13.7. The van der Waals surface area contributed by atoms with E-state index in [4.69, 9.17) is 0 Å². The van der Waals surface area contributed by atoms with Gasteiger partial charge in [0.25, 0.3) is 0 Å². The average molecular weight is 534 g/mol. The molecule has 0 atom stereocenters. The zero-order valence-electron chi connectivity index (χ0n) is 16.3. The molecule has 2 aromatic rings. The monoisotopic (exact) mass is 533 g/mol. The zero-order chi connectivity index (χ0) is 19.1. The first-order chi connectivity index (χ1) is 13.2. The number of carbonyl (C=O) groups excluding carboxylic acids is 1. The Morgan fingerprint density at radius 3 is 2.71 bits per heavy atom. The Morgan fingerprint density at radius 2 is 2.04 bits per heavy atom. The predicted molar refractivity (Wildman–Crippen MR) is 129 cm³/mol. The quantitative estimate of drug-likeness (QED) is 0.200. The van der Waals surface area contributed by atoms with Crippen molar-refractivity contribution in [3.8, 4) is 10.6 Å². The Kier molecular flexibility index (Phi) is 9.66. The van der Waals surface area contributed by atoms with Gasteiger partial charge in [-0.15, -0.1) is 46.7 Å². The van der Waals surface area contributed by atoms with Crippen molar-refractivity contribution in [1.82, 2.24) is 20.9 Å². The summed E-state index contributed by atoms with van der Waals surface area (Å²) >= 11 is 3.47. The average Bonchev–Trinajstić information content (AvgIpc) is 3.26. The molecular formula is C19H28IN5OS2. The molecule has 9 heteroatoms. The van der Waals surface area contributed by atoms with Crippen LogP contribution in [0.3, 0.4) is 0 Å². The van der Waals surface area contributed by atoms with Crippen molar-refractivity contribution >= 4 is 58.5 Å². The number of hydrogen-bond donors (Lipinski definition) is 3. The first kappa shape index (κ1) is 23.1. The number of hydrogen-bond acceptors (Lipinski definition) is 5. The first-order valence-electron chi connectivity index (χ1n) is 9.47. The van der Waals surface area contributed by atoms with E-state index in [1.54, 1.807) is 22.7 Å². The van der Waals surface area contributed by atoms with Gasteiger partial charge in [0.1, 0.15) is 0 Å². The van der Waals surface area contributed by atoms with E-state index in [9.17, 15) is 4.79 Å². The largest absolute Gasteiger partial charge is 0.357 e. The third kappa shape index (κ3) is 7.32. The van der Waals surface area contributed by atoms with Crippen LogP contribution in [0.2, 0.25) is 0 Å². The highest BCUT2D eigenvalue weighted by Gasteiger charge is 2.28. The van der Waals surface area contributed by atoms with Crippen LogP contribution in [0, 0.1) is 12.8 Å². The summed E-state index contributed by atoms with van der Waals surface area (Å²) in [5.74, 6) is 1.24. The smallest absolute Gasteiger partial charge is 0.223 e. The van der Waals surface area contributed by atoms with E-state index < -0.39 is 0 Å². The highest BCUT2D eigenvalue weighted by Crippen LogP contribution is 2.29. The van der Waals surface area contributed by atoms with Crippen molar-refractivity contribution in [2.45, 2.75) is 33.1 Å². The molecule has 6 nitrogen and oxygen atoms in total. The molecule has 2 aromatic heterocycles. The fourth-order valence-corrected chi connectivity index (χ4v) is 4.25. The van der Waals surface area contributed by atoms with E-state index in [2.05, 4.69) is 43.4 Å². The third-order valence-corrected chi connectivity index (χ3v) is 6.11. The molecule has 1 fully saturated rings. The number of guanidine groups is 1. The minimum absolute atomic E-state index is 0. The summed E-state index contributed by atoms with van der Waals surface area (Å²) in [6, 6.07) is 4.31. The van der Waals surface area contributed by atoms with E-state index in [-0.39, 0.29) is 35.8 Å². The van der Waals surface area contributed by atoms with Crippen LogP contribution in [-0.4, -0.2) is 43.0 Å². The summed E-state index contributed by atoms with van der Waals surface area (Å²) in [5.41, 5.74) is 1.07. The van der Waals surface area contributed by atoms with Crippen molar-refractivity contribution in [1.29, 1.82) is 0 Å². The topological polar surface area (TPSA) is 78.4 Å². The van der Waals surface area contributed by atoms with Crippen LogP contribution >= 0.6 is 46.7 Å². The van der Waals surface area contributed by atoms with Gasteiger partial charge in [-0.25, -0.2) is 4.98 Å². The van der Waals surface area contributed by atoms with Gasteiger partial charge in [-0.05, 0) is 38.8 Å². The Hall–Kier alpha value is -1.20. The van der Waals surface area contributed by atoms with Crippen LogP contribution in [0.5, 0.6) is 0 Å². The standard InChI is InChI=1S/C19H27N5OS2.HI/c1-3-20-19(23-11-10-21-18(25)14-4-5-14)22-9-8-15-6-7-17(27-15)16-12-26-13(2)24-16;/h6-7,12,14H,3-5,8-11H2,1-2H3,(H,21,25)(H2,20,22,23);1H. The number of amides is 1. The van der Waals surface area contributed by atoms with Gasteiger partial charge in [0, 0.05) is 48.8 Å². The first-order valence-corrected chi connectivity index (χ1v) is 11.2. The van der Waals surface area contributed by atoms with E-state index >= 15 is 0 Å². The summed E-state index contributed by atoms with van der Waals surface area (Å²) in [4.78, 5) is 23.3. The molecule has 1 aliphatic carbocycles. The Morgan fingerprint density at radius 1 is 1.25 bits per heavy atom. The molecule has 1 aliphatic rings. The lowest BCUT2D eigenvalue weighted by Crippen LogP contribution is -2.41. The van der Waals surface area contributed by atoms with Gasteiger partial charge in [-0.3, -0.25) is 9.79 Å². The van der Waals surface area contributed by atoms with E-state index in [0.29, 0.717) is 13.1 Å². The number of halogens is 1. The molecule has 28 heavy (non-hydrogen) atoms. The second-order valence-corrected chi connectivity index (χ2v) is 8.75. The number of rotatable bonds is 9. The Labute approximate surface area is 191 Å². The predicted octanol–water partition coefficient (Wildman–Crippen LogP) is 3.42. The molecule has 0 aromatic carbocycles. The summed E-state index contributed by atoms with van der Waals surface area (Å²) in [6.45, 7) is 6.92. The highest BCUT2D eigenvalue weighted by molar-refractivity contribution is 14.0. The number of thiazole rings is 1. The Bertz CT molecular complexity index is 785. The lowest BCUT2D eigenvalue weighted by Gasteiger charge is -2.11. The molecule has 2 heterocycles. The van der Waals surface area contributed by atoms with Gasteiger partial charge in [0.2, 0.25) is 5.91 Å². The molecule has 3 rings (SSSR count). The van der Waals surface area contributed by atoms with Crippen LogP contribution in [0.15, 0.2) is 22.5 Å². The SMILES string of the molecule is CCNC(=NCCc1ccc(-c2csc(C)n2)s1)NCCNC(=O)C1CC1.I. The fraction of sp³-hybridized carbons (Fsp3) is 0.526. The van der Waals surface area contributed by atoms with Crippen LogP contribution in [0.1, 0.15) is 29.7 Å². The molecule has 0 bridgehead atoms. The molecule has 1 amide bonds. The molecule has 0 unspecified atom stereocenters. The second-order valence-electron chi connectivity index (χ2n) is 6.52. The van der Waals surface area contributed by atoms with Crippen molar-refractivity contribution in [3.05, 3.63) is 27.4 Å². The van der Waals surface area contributed by atoms with Crippen LogP contribution in [0.4, 0.5) is 0 Å². The van der Waals surface area contributed by atoms with E-state index in [0.717, 1.165) is 49.0 Å². The van der Waals surface area contributed by atoms with Crippen LogP contribution in [0.25, 0.3) is 10.6 Å². The maximum atomic E-state index is 11.6. The molecule has 0 spiro atoms. The molecule has 0 aliphatic heterocycles. The number of aromatic nitrogens is 1. The van der Waals surface area contributed by atoms with E-state index in [1.165, 1.54) is 9.75 Å². The molecular weight excluding hydrogens is 505 g/mol. The number of aryl methyl sites for hydroxylation is 1. The second kappa shape index (κ2) is 11.7. The molecule has 0 radical (unpaired) electrons. The van der Waals surface area contributed by atoms with Gasteiger partial charge >= 0.3 is 0 Å². The lowest BCUT2D eigenvalue weighted by atomic mass is 10.3. The van der Waals surface area contributed by atoms with Crippen LogP contribution < -0.4 is 16.0 Å². The van der Waals surface area contributed by atoms with Gasteiger partial charge in [-0.2, -0.15) is 0 Å². The van der Waals surface area contributed by atoms with E-state index in [1.807, 2.05) is 13.8 Å². The van der Waals surface area contributed by atoms with Crippen molar-refractivity contribution in [2.24, 2.45) is 10.9 Å². The van der Waals surface area contributed by atoms with Crippen molar-refractivity contribution in [2.75, 3.05) is 26.2 Å². The number of carbonyl (C=O) groups is 1. The lowest BCUT2D eigenvalue weighted by molar-refractivity contribution is -0.122. The molecule has 154 valence electrons. The van der Waals surface area contributed by atoms with Gasteiger partial charge in [0.05, 0.1) is 15.6 Å². The van der Waals surface area contributed by atoms with Gasteiger partial charge < -0.3 is 16.0 Å². The molecule has 3 N–H and O–H groups in total. The van der Waals surface area contributed by atoms with Gasteiger partial charge in [-0.1, -0.05) is 0 Å².